The van der Waals surface area contributed by atoms with Crippen molar-refractivity contribution >= 4 is 38.4 Å². The number of benzene rings is 1. The van der Waals surface area contributed by atoms with Crippen LogP contribution in [0, 0.1) is 0 Å². The highest BCUT2D eigenvalue weighted by molar-refractivity contribution is 9.10. The van der Waals surface area contributed by atoms with Crippen LogP contribution in [-0.2, 0) is 10.0 Å². The molecule has 1 rings (SSSR count). The molecule has 0 radical (unpaired) electrons. The van der Waals surface area contributed by atoms with Crippen LogP contribution in [0.15, 0.2) is 27.6 Å². The first-order valence-electron chi connectivity index (χ1n) is 5.29. The van der Waals surface area contributed by atoms with Crippen molar-refractivity contribution in [1.82, 2.24) is 4.72 Å². The summed E-state index contributed by atoms with van der Waals surface area (Å²) in [4.78, 5) is 0.128. The maximum absolute atomic E-state index is 12.2. The van der Waals surface area contributed by atoms with Gasteiger partial charge in [0, 0.05) is 22.6 Å². The minimum atomic E-state index is -3.65. The van der Waals surface area contributed by atoms with Gasteiger partial charge in [-0.25, -0.2) is 13.1 Å². The van der Waals surface area contributed by atoms with Crippen molar-refractivity contribution < 1.29 is 13.2 Å². The Morgan fingerprint density at radius 3 is 2.47 bits per heavy atom. The van der Waals surface area contributed by atoms with Crippen molar-refractivity contribution in [3.8, 4) is 5.75 Å². The molecular formula is C11H18BrClN2O3S. The lowest BCUT2D eigenvalue weighted by atomic mass is 10.1. The number of nitrogens with two attached hydrogens (primary N) is 1. The van der Waals surface area contributed by atoms with E-state index >= 15 is 0 Å². The van der Waals surface area contributed by atoms with Crippen LogP contribution < -0.4 is 15.2 Å². The summed E-state index contributed by atoms with van der Waals surface area (Å²) in [6.45, 7) is 3.64. The van der Waals surface area contributed by atoms with Crippen LogP contribution in [0.1, 0.15) is 13.8 Å². The average Bonchev–Trinajstić information content (AvgIpc) is 2.28. The minimum Gasteiger partial charge on any atom is -0.497 e. The Bertz CT molecular complexity index is 535. The van der Waals surface area contributed by atoms with Gasteiger partial charge in [-0.05, 0) is 41.9 Å². The Labute approximate surface area is 128 Å². The van der Waals surface area contributed by atoms with Crippen LogP contribution in [0.5, 0.6) is 5.75 Å². The molecule has 19 heavy (non-hydrogen) atoms. The molecule has 0 fully saturated rings. The van der Waals surface area contributed by atoms with Gasteiger partial charge in [-0.1, -0.05) is 0 Å². The van der Waals surface area contributed by atoms with Crippen molar-refractivity contribution in [3.63, 3.8) is 0 Å². The van der Waals surface area contributed by atoms with E-state index in [0.29, 0.717) is 10.2 Å². The predicted octanol–water partition coefficient (Wildman–Crippen LogP) is 1.90. The zero-order valence-corrected chi connectivity index (χ0v) is 14.2. The van der Waals surface area contributed by atoms with Crippen molar-refractivity contribution in [2.45, 2.75) is 24.3 Å². The lowest BCUT2D eigenvalue weighted by molar-refractivity contribution is 0.413. The van der Waals surface area contributed by atoms with E-state index in [4.69, 9.17) is 10.5 Å². The third kappa shape index (κ3) is 4.92. The van der Waals surface area contributed by atoms with Gasteiger partial charge in [0.1, 0.15) is 5.75 Å². The summed E-state index contributed by atoms with van der Waals surface area (Å²) in [6, 6.07) is 4.76. The second kappa shape index (κ2) is 6.90. The molecule has 110 valence electrons. The largest absolute Gasteiger partial charge is 0.497 e. The first kappa shape index (κ1) is 18.7. The number of methoxy groups -OCH3 is 1. The average molecular weight is 374 g/mol. The van der Waals surface area contributed by atoms with Crippen LogP contribution in [0.25, 0.3) is 0 Å². The second-order valence-electron chi connectivity index (χ2n) is 4.49. The maximum Gasteiger partial charge on any atom is 0.242 e. The molecule has 0 saturated heterocycles. The van der Waals surface area contributed by atoms with Gasteiger partial charge < -0.3 is 10.5 Å². The highest BCUT2D eigenvalue weighted by atomic mass is 79.9. The van der Waals surface area contributed by atoms with E-state index in [2.05, 4.69) is 20.7 Å². The molecule has 0 unspecified atom stereocenters. The summed E-state index contributed by atoms with van der Waals surface area (Å²) < 4.78 is 32.5. The molecule has 0 amide bonds. The molecule has 3 N–H and O–H groups in total. The van der Waals surface area contributed by atoms with Crippen LogP contribution in [-0.4, -0.2) is 27.6 Å². The fraction of sp³-hybridized carbons (Fsp3) is 0.455. The van der Waals surface area contributed by atoms with E-state index < -0.39 is 15.6 Å². The van der Waals surface area contributed by atoms with Crippen LogP contribution in [0.2, 0.25) is 0 Å². The van der Waals surface area contributed by atoms with Gasteiger partial charge in [0.05, 0.1) is 12.0 Å². The highest BCUT2D eigenvalue weighted by Gasteiger charge is 2.26. The van der Waals surface area contributed by atoms with E-state index in [1.165, 1.54) is 13.2 Å². The Hall–Kier alpha value is -0.340. The number of hydrogen-bond acceptors (Lipinski definition) is 4. The molecule has 0 aliphatic rings. The van der Waals surface area contributed by atoms with E-state index in [-0.39, 0.29) is 23.8 Å². The number of nitrogens with one attached hydrogen (secondary N) is 1. The number of halogens is 2. The van der Waals surface area contributed by atoms with Gasteiger partial charge in [0.15, 0.2) is 0 Å². The summed E-state index contributed by atoms with van der Waals surface area (Å²) in [6.07, 6.45) is 0. The smallest absolute Gasteiger partial charge is 0.242 e. The van der Waals surface area contributed by atoms with E-state index in [9.17, 15) is 8.42 Å². The lowest BCUT2D eigenvalue weighted by Crippen LogP contribution is -2.48. The van der Waals surface area contributed by atoms with Crippen molar-refractivity contribution in [2.24, 2.45) is 5.73 Å². The third-order valence-corrected chi connectivity index (χ3v) is 5.04. The zero-order valence-electron chi connectivity index (χ0n) is 10.9. The molecule has 0 aliphatic carbocycles. The summed E-state index contributed by atoms with van der Waals surface area (Å²) >= 11 is 3.22. The molecule has 1 aromatic carbocycles. The van der Waals surface area contributed by atoms with Gasteiger partial charge in [-0.15, -0.1) is 12.4 Å². The van der Waals surface area contributed by atoms with E-state index in [0.717, 1.165) is 0 Å². The summed E-state index contributed by atoms with van der Waals surface area (Å²) in [7, 11) is -2.17. The molecule has 8 heteroatoms. The van der Waals surface area contributed by atoms with Crippen molar-refractivity contribution in [3.05, 3.63) is 22.7 Å². The van der Waals surface area contributed by atoms with Gasteiger partial charge in [-0.3, -0.25) is 0 Å². The standard InChI is InChI=1S/C11H17BrN2O3S.ClH/c1-11(2,7-13)14-18(15,16)10-6-8(17-3)4-5-9(10)12;/h4-6,14H,7,13H2,1-3H3;1H. The number of hydrogen-bond donors (Lipinski definition) is 2. The third-order valence-electron chi connectivity index (χ3n) is 2.35. The van der Waals surface area contributed by atoms with Crippen molar-refractivity contribution in [2.75, 3.05) is 13.7 Å². The molecule has 1 aromatic rings. The molecule has 0 atom stereocenters. The molecular weight excluding hydrogens is 356 g/mol. The van der Waals surface area contributed by atoms with E-state index in [1.807, 2.05) is 0 Å². The quantitative estimate of drug-likeness (QED) is 0.826. The molecule has 0 bridgehead atoms. The zero-order chi connectivity index (χ0) is 14.0. The van der Waals surface area contributed by atoms with Gasteiger partial charge in [0.2, 0.25) is 10.0 Å². The summed E-state index contributed by atoms with van der Waals surface area (Å²) in [5.74, 6) is 0.476. The molecule has 0 aromatic heterocycles. The first-order chi connectivity index (χ1) is 8.22. The SMILES string of the molecule is COc1ccc(Br)c(S(=O)(=O)NC(C)(C)CN)c1.Cl. The summed E-state index contributed by atoms with van der Waals surface area (Å²) in [5.41, 5.74) is 4.82. The number of ether oxygens (including phenoxy) is 1. The monoisotopic (exact) mass is 372 g/mol. The van der Waals surface area contributed by atoms with Crippen LogP contribution in [0.3, 0.4) is 0 Å². The molecule has 0 spiro atoms. The lowest BCUT2D eigenvalue weighted by Gasteiger charge is -2.24. The molecule has 5 nitrogen and oxygen atoms in total. The maximum atomic E-state index is 12.2. The van der Waals surface area contributed by atoms with Gasteiger partial charge >= 0.3 is 0 Å². The van der Waals surface area contributed by atoms with Crippen molar-refractivity contribution in [1.29, 1.82) is 0 Å². The highest BCUT2D eigenvalue weighted by Crippen LogP contribution is 2.27. The molecule has 0 aliphatic heterocycles. The van der Waals surface area contributed by atoms with Gasteiger partial charge in [-0.2, -0.15) is 0 Å². The first-order valence-corrected chi connectivity index (χ1v) is 7.57. The molecule has 0 saturated carbocycles. The normalized spacial score (nSPS) is 11.8. The summed E-state index contributed by atoms with van der Waals surface area (Å²) in [5, 5.41) is 0. The fourth-order valence-corrected chi connectivity index (χ4v) is 3.68. The second-order valence-corrected chi connectivity index (χ2v) is 7.00. The Morgan fingerprint density at radius 1 is 1.42 bits per heavy atom. The predicted molar refractivity (Wildman–Crippen MR) is 81.4 cm³/mol. The number of rotatable bonds is 5. The van der Waals surface area contributed by atoms with Crippen LogP contribution >= 0.6 is 28.3 Å². The Morgan fingerprint density at radius 2 is 2.00 bits per heavy atom. The minimum absolute atomic E-state index is 0. The fourth-order valence-electron chi connectivity index (χ4n) is 1.28. The van der Waals surface area contributed by atoms with E-state index in [1.54, 1.807) is 26.0 Å². The van der Waals surface area contributed by atoms with Gasteiger partial charge in [0.25, 0.3) is 0 Å². The Balaban J connectivity index is 0.00000324. The Kier molecular flexibility index (Phi) is 6.77. The molecule has 0 heterocycles. The topological polar surface area (TPSA) is 81.4 Å². The van der Waals surface area contributed by atoms with Crippen LogP contribution in [0.4, 0.5) is 0 Å². The number of sulfonamides is 1.